The molecule has 0 aromatic heterocycles. The van der Waals surface area contributed by atoms with Crippen molar-refractivity contribution in [1.29, 1.82) is 0 Å². The predicted molar refractivity (Wildman–Crippen MR) is 87.1 cm³/mol. The van der Waals surface area contributed by atoms with Crippen LogP contribution in [0.1, 0.15) is 12.0 Å². The lowest BCUT2D eigenvalue weighted by Gasteiger charge is -2.27. The highest BCUT2D eigenvalue weighted by molar-refractivity contribution is 14.0. The van der Waals surface area contributed by atoms with E-state index in [2.05, 4.69) is 4.99 Å². The molecule has 1 aliphatic heterocycles. The van der Waals surface area contributed by atoms with Gasteiger partial charge in [0.05, 0.1) is 19.3 Å². The quantitative estimate of drug-likeness (QED) is 0.476. The number of hydrogen-bond acceptors (Lipinski definition) is 2. The van der Waals surface area contributed by atoms with Crippen LogP contribution in [-0.2, 0) is 10.4 Å². The van der Waals surface area contributed by atoms with Crippen LogP contribution in [0.15, 0.2) is 35.3 Å². The highest BCUT2D eigenvalue weighted by Gasteiger charge is 2.57. The van der Waals surface area contributed by atoms with Crippen LogP contribution in [0.2, 0.25) is 0 Å². The first-order chi connectivity index (χ1) is 9.20. The molecule has 1 aromatic carbocycles. The zero-order valence-corrected chi connectivity index (χ0v) is 13.5. The average Bonchev–Trinajstić information content (AvgIpc) is 3.12. The number of morpholine rings is 1. The van der Waals surface area contributed by atoms with E-state index in [1.807, 2.05) is 23.1 Å². The second kappa shape index (κ2) is 6.26. The molecule has 20 heavy (non-hydrogen) atoms. The van der Waals surface area contributed by atoms with Gasteiger partial charge in [-0.05, 0) is 5.56 Å². The van der Waals surface area contributed by atoms with Crippen molar-refractivity contribution in [3.8, 4) is 0 Å². The number of hydrogen-bond donors (Lipinski definition) is 1. The minimum absolute atomic E-state index is 0. The Morgan fingerprint density at radius 3 is 2.60 bits per heavy atom. The van der Waals surface area contributed by atoms with Gasteiger partial charge in [-0.3, -0.25) is 0 Å². The molecule has 0 radical (unpaired) electrons. The molecule has 4 nitrogen and oxygen atoms in total. The molecule has 1 saturated carbocycles. The molecule has 1 aliphatic carbocycles. The van der Waals surface area contributed by atoms with Gasteiger partial charge >= 0.3 is 0 Å². The van der Waals surface area contributed by atoms with Crippen LogP contribution in [0.25, 0.3) is 0 Å². The highest BCUT2D eigenvalue weighted by Crippen LogP contribution is 2.52. The zero-order chi connectivity index (χ0) is 13.3. The fourth-order valence-corrected chi connectivity index (χ4v) is 2.43. The molecule has 6 heteroatoms. The molecule has 2 unspecified atom stereocenters. The van der Waals surface area contributed by atoms with Crippen molar-refractivity contribution in [3.63, 3.8) is 0 Å². The van der Waals surface area contributed by atoms with Crippen LogP contribution in [0.5, 0.6) is 0 Å². The molecule has 1 heterocycles. The first-order valence-corrected chi connectivity index (χ1v) is 6.60. The summed E-state index contributed by atoms with van der Waals surface area (Å²) in [6, 6.07) is 8.84. The van der Waals surface area contributed by atoms with Gasteiger partial charge in [0.2, 0.25) is 0 Å². The van der Waals surface area contributed by atoms with Crippen molar-refractivity contribution in [3.05, 3.63) is 35.9 Å². The molecule has 110 valence electrons. The van der Waals surface area contributed by atoms with E-state index in [9.17, 15) is 4.39 Å². The van der Waals surface area contributed by atoms with Crippen molar-refractivity contribution < 1.29 is 9.13 Å². The Kier molecular flexibility index (Phi) is 4.85. The van der Waals surface area contributed by atoms with Crippen molar-refractivity contribution in [2.75, 3.05) is 26.3 Å². The third-order valence-electron chi connectivity index (χ3n) is 3.74. The number of nitrogens with zero attached hydrogens (tertiary/aromatic N) is 2. The fraction of sp³-hybridized carbons (Fsp3) is 0.500. The molecule has 0 bridgehead atoms. The first-order valence-electron chi connectivity index (χ1n) is 6.60. The first kappa shape index (κ1) is 15.5. The van der Waals surface area contributed by atoms with Gasteiger partial charge in [-0.15, -0.1) is 24.0 Å². The minimum atomic E-state index is -1.34. The monoisotopic (exact) mass is 391 g/mol. The van der Waals surface area contributed by atoms with Crippen molar-refractivity contribution in [2.24, 2.45) is 10.7 Å². The second-order valence-corrected chi connectivity index (χ2v) is 5.04. The predicted octanol–water partition coefficient (Wildman–Crippen LogP) is 1.89. The van der Waals surface area contributed by atoms with Gasteiger partial charge in [-0.25, -0.2) is 9.38 Å². The van der Waals surface area contributed by atoms with E-state index >= 15 is 0 Å². The van der Waals surface area contributed by atoms with Crippen LogP contribution in [-0.4, -0.2) is 43.2 Å². The van der Waals surface area contributed by atoms with Crippen molar-refractivity contribution in [1.82, 2.24) is 4.90 Å². The molecule has 2 fully saturated rings. The summed E-state index contributed by atoms with van der Waals surface area (Å²) >= 11 is 0. The summed E-state index contributed by atoms with van der Waals surface area (Å²) in [7, 11) is 0. The van der Waals surface area contributed by atoms with Crippen LogP contribution < -0.4 is 5.73 Å². The zero-order valence-electron chi connectivity index (χ0n) is 11.2. The third kappa shape index (κ3) is 3.06. The summed E-state index contributed by atoms with van der Waals surface area (Å²) in [5.74, 6) is 0.434. The summed E-state index contributed by atoms with van der Waals surface area (Å²) in [4.78, 5) is 6.28. The van der Waals surface area contributed by atoms with Crippen LogP contribution >= 0.6 is 24.0 Å². The Morgan fingerprint density at radius 2 is 1.95 bits per heavy atom. The lowest BCUT2D eigenvalue weighted by Crippen LogP contribution is -2.45. The van der Waals surface area contributed by atoms with E-state index in [4.69, 9.17) is 10.5 Å². The summed E-state index contributed by atoms with van der Waals surface area (Å²) in [6.45, 7) is 2.76. The summed E-state index contributed by atoms with van der Waals surface area (Å²) in [5, 5.41) is 0. The SMILES string of the molecule is I.NC(=NC1CC1(F)c1ccccc1)N1CCOCC1. The van der Waals surface area contributed by atoms with E-state index in [1.54, 1.807) is 12.1 Å². The van der Waals surface area contributed by atoms with Gasteiger partial charge in [-0.2, -0.15) is 0 Å². The number of alkyl halides is 1. The normalized spacial score (nSPS) is 29.8. The molecule has 1 saturated heterocycles. The van der Waals surface area contributed by atoms with Gasteiger partial charge in [0.1, 0.15) is 0 Å². The lowest BCUT2D eigenvalue weighted by molar-refractivity contribution is 0.0673. The maximum absolute atomic E-state index is 14.6. The van der Waals surface area contributed by atoms with Gasteiger partial charge in [0.25, 0.3) is 0 Å². The third-order valence-corrected chi connectivity index (χ3v) is 3.74. The van der Waals surface area contributed by atoms with E-state index in [1.165, 1.54) is 0 Å². The van der Waals surface area contributed by atoms with Crippen LogP contribution in [0, 0.1) is 0 Å². The number of aliphatic imine (C=N–C) groups is 1. The average molecular weight is 391 g/mol. The summed E-state index contributed by atoms with van der Waals surface area (Å²) in [6.07, 6.45) is 0.419. The Balaban J connectivity index is 0.00000147. The van der Waals surface area contributed by atoms with E-state index < -0.39 is 5.67 Å². The van der Waals surface area contributed by atoms with Gasteiger partial charge in [0.15, 0.2) is 11.6 Å². The molecule has 1 aromatic rings. The maximum Gasteiger partial charge on any atom is 0.191 e. The summed E-state index contributed by atoms with van der Waals surface area (Å²) in [5.41, 5.74) is 5.30. The largest absolute Gasteiger partial charge is 0.378 e. The number of guanidine groups is 1. The van der Waals surface area contributed by atoms with Gasteiger partial charge < -0.3 is 15.4 Å². The number of ether oxygens (including phenoxy) is 1. The van der Waals surface area contributed by atoms with E-state index in [-0.39, 0.29) is 30.0 Å². The number of rotatable bonds is 2. The fourth-order valence-electron chi connectivity index (χ4n) is 2.43. The highest BCUT2D eigenvalue weighted by atomic mass is 127. The Morgan fingerprint density at radius 1 is 1.30 bits per heavy atom. The Hall–Kier alpha value is -0.890. The molecule has 2 N–H and O–H groups in total. The Labute approximate surface area is 135 Å². The smallest absolute Gasteiger partial charge is 0.191 e. The van der Waals surface area contributed by atoms with Crippen molar-refractivity contribution in [2.45, 2.75) is 18.1 Å². The molecule has 2 aliphatic rings. The molecule has 0 spiro atoms. The molecular formula is C14H19FIN3O. The van der Waals surface area contributed by atoms with Gasteiger partial charge in [0, 0.05) is 19.5 Å². The maximum atomic E-state index is 14.6. The Bertz CT molecular complexity index is 479. The number of halogens is 2. The van der Waals surface area contributed by atoms with Crippen LogP contribution in [0.4, 0.5) is 4.39 Å². The van der Waals surface area contributed by atoms with Crippen LogP contribution in [0.3, 0.4) is 0 Å². The van der Waals surface area contributed by atoms with E-state index in [0.29, 0.717) is 31.2 Å². The molecule has 2 atom stereocenters. The number of nitrogens with two attached hydrogens (primary N) is 1. The topological polar surface area (TPSA) is 50.8 Å². The molecular weight excluding hydrogens is 372 g/mol. The molecule has 0 amide bonds. The summed E-state index contributed by atoms with van der Waals surface area (Å²) < 4.78 is 19.9. The molecule has 3 rings (SSSR count). The standard InChI is InChI=1S/C14H18FN3O.HI/c15-14(11-4-2-1-3-5-11)10-12(14)17-13(16)18-6-8-19-9-7-18;/h1-5,12H,6-10H2,(H2,16,17);1H. The second-order valence-electron chi connectivity index (χ2n) is 5.04. The van der Waals surface area contributed by atoms with Gasteiger partial charge in [-0.1, -0.05) is 30.3 Å². The van der Waals surface area contributed by atoms with Crippen molar-refractivity contribution >= 4 is 29.9 Å². The van der Waals surface area contributed by atoms with E-state index in [0.717, 1.165) is 13.1 Å². The lowest BCUT2D eigenvalue weighted by atomic mass is 10.1. The minimum Gasteiger partial charge on any atom is -0.378 e. The number of benzene rings is 1.